The van der Waals surface area contributed by atoms with Gasteiger partial charge < -0.3 is 29.7 Å². The van der Waals surface area contributed by atoms with Crippen molar-refractivity contribution >= 4 is 17.9 Å². The Hall–Kier alpha value is -1.07. The quantitative estimate of drug-likeness (QED) is 0.110. The number of aliphatic carboxylic acids is 3. The second kappa shape index (κ2) is 39.4. The molecule has 0 aliphatic heterocycles. The van der Waals surface area contributed by atoms with Gasteiger partial charge in [-0.3, -0.25) is 0 Å². The van der Waals surface area contributed by atoms with Gasteiger partial charge in [-0.1, -0.05) is 136 Å². The van der Waals surface area contributed by atoms with Crippen LogP contribution >= 0.6 is 0 Å². The summed E-state index contributed by atoms with van der Waals surface area (Å²) in [6, 6.07) is 0. The van der Waals surface area contributed by atoms with E-state index in [1.165, 1.54) is 96.3 Å². The Labute approximate surface area is 239 Å². The van der Waals surface area contributed by atoms with E-state index in [-0.39, 0.29) is 36.3 Å². The van der Waals surface area contributed by atoms with Gasteiger partial charge in [0.1, 0.15) is 0 Å². The summed E-state index contributed by atoms with van der Waals surface area (Å²) in [7, 11) is 0. The average Bonchev–Trinajstić information content (AvgIpc) is 2.83. The van der Waals surface area contributed by atoms with Crippen LogP contribution in [0.2, 0.25) is 0 Å². The van der Waals surface area contributed by atoms with Gasteiger partial charge in [-0.25, -0.2) is 0 Å². The van der Waals surface area contributed by atoms with Crippen LogP contribution in [0.4, 0.5) is 0 Å². The Balaban J connectivity index is -0.000000218. The molecule has 0 N–H and O–H groups in total. The Kier molecular flexibility index (Phi) is 45.8. The minimum atomic E-state index is -0.913. The van der Waals surface area contributed by atoms with Crippen LogP contribution in [-0.2, 0) is 31.5 Å². The van der Waals surface area contributed by atoms with E-state index < -0.39 is 17.9 Å². The van der Waals surface area contributed by atoms with E-state index in [0.717, 1.165) is 38.5 Å². The number of hydrogen-bond acceptors (Lipinski definition) is 6. The fourth-order valence-electron chi connectivity index (χ4n) is 3.68. The molecule has 0 unspecified atom stereocenters. The van der Waals surface area contributed by atoms with Crippen LogP contribution < -0.4 is 15.3 Å². The first-order valence-corrected chi connectivity index (χ1v) is 14.9. The van der Waals surface area contributed by atoms with Crippen molar-refractivity contribution in [2.45, 2.75) is 175 Å². The molecule has 0 heterocycles. The van der Waals surface area contributed by atoms with Crippen molar-refractivity contribution in [3.8, 4) is 0 Å². The zero-order valence-electron chi connectivity index (χ0n) is 24.3. The van der Waals surface area contributed by atoms with Gasteiger partial charge in [0, 0.05) is 17.9 Å². The summed E-state index contributed by atoms with van der Waals surface area (Å²) >= 11 is 0. The molecule has 0 aromatic rings. The first kappa shape index (κ1) is 43.0. The van der Waals surface area contributed by atoms with Crippen LogP contribution in [-0.4, -0.2) is 17.9 Å². The van der Waals surface area contributed by atoms with Crippen LogP contribution in [0.15, 0.2) is 0 Å². The van der Waals surface area contributed by atoms with Crippen molar-refractivity contribution in [1.82, 2.24) is 0 Å². The van der Waals surface area contributed by atoms with Crippen LogP contribution in [0.25, 0.3) is 0 Å². The fourth-order valence-corrected chi connectivity index (χ4v) is 3.68. The molecule has 0 fully saturated rings. The summed E-state index contributed by atoms with van der Waals surface area (Å²) in [5.41, 5.74) is 0. The van der Waals surface area contributed by atoms with E-state index >= 15 is 0 Å². The second-order valence-corrected chi connectivity index (χ2v) is 9.73. The van der Waals surface area contributed by atoms with Crippen molar-refractivity contribution in [3.63, 3.8) is 0 Å². The maximum absolute atomic E-state index is 10.0. The van der Waals surface area contributed by atoms with E-state index in [2.05, 4.69) is 20.8 Å². The predicted octanol–water partition coefficient (Wildman–Crippen LogP) is 5.63. The van der Waals surface area contributed by atoms with Gasteiger partial charge in [0.2, 0.25) is 0 Å². The second-order valence-electron chi connectivity index (χ2n) is 9.73. The van der Waals surface area contributed by atoms with Gasteiger partial charge in [0.15, 0.2) is 0 Å². The number of carboxylic acids is 3. The topological polar surface area (TPSA) is 120 Å². The number of carbonyl (C=O) groups is 3. The van der Waals surface area contributed by atoms with E-state index in [0.29, 0.717) is 0 Å². The van der Waals surface area contributed by atoms with E-state index in [4.69, 9.17) is 0 Å². The molecule has 37 heavy (non-hydrogen) atoms. The number of hydrogen-bond donors (Lipinski definition) is 0. The summed E-state index contributed by atoms with van der Waals surface area (Å²) < 4.78 is 0. The van der Waals surface area contributed by atoms with E-state index in [9.17, 15) is 29.7 Å². The molecule has 0 aromatic carbocycles. The van der Waals surface area contributed by atoms with Gasteiger partial charge in [-0.05, 0) is 38.5 Å². The Morgan fingerprint density at radius 1 is 0.351 bits per heavy atom. The molecule has 0 atom stereocenters. The minimum Gasteiger partial charge on any atom is -0.550 e. The molecular weight excluding hydrogens is 512 g/mol. The zero-order chi connectivity index (χ0) is 27.7. The normalized spacial score (nSPS) is 9.81. The van der Waals surface area contributed by atoms with Crippen LogP contribution in [0, 0.1) is 0 Å². The standard InChI is InChI=1S/3C10H20O2.Fe/c3*1-2-3-4-5-6-7-8-9-10(11)12;/h3*2-9H2,1H3,(H,11,12);/q;;;+3/p-3. The first-order valence-electron chi connectivity index (χ1n) is 14.9. The third-order valence-electron chi connectivity index (χ3n) is 5.95. The van der Waals surface area contributed by atoms with Crippen molar-refractivity contribution in [2.24, 2.45) is 0 Å². The van der Waals surface area contributed by atoms with Gasteiger partial charge in [-0.2, -0.15) is 0 Å². The van der Waals surface area contributed by atoms with E-state index in [1.54, 1.807) is 0 Å². The molecule has 6 nitrogen and oxygen atoms in total. The number of rotatable bonds is 24. The van der Waals surface area contributed by atoms with Crippen LogP contribution in [0.3, 0.4) is 0 Å². The number of carboxylic acid groups (broad SMARTS) is 3. The van der Waals surface area contributed by atoms with Crippen molar-refractivity contribution < 1.29 is 46.8 Å². The molecule has 1 radical (unpaired) electrons. The van der Waals surface area contributed by atoms with Crippen LogP contribution in [0.1, 0.15) is 175 Å². The summed E-state index contributed by atoms with van der Waals surface area (Å²) in [5.74, 6) is -2.74. The number of carbonyl (C=O) groups excluding carboxylic acids is 3. The smallest absolute Gasteiger partial charge is 0.550 e. The molecule has 0 aliphatic rings. The Morgan fingerprint density at radius 3 is 0.676 bits per heavy atom. The van der Waals surface area contributed by atoms with Crippen LogP contribution in [0.5, 0.6) is 0 Å². The maximum Gasteiger partial charge on any atom is 3.00 e. The molecule has 0 aromatic heterocycles. The van der Waals surface area contributed by atoms with Crippen molar-refractivity contribution in [2.75, 3.05) is 0 Å². The van der Waals surface area contributed by atoms with Crippen molar-refractivity contribution in [1.29, 1.82) is 0 Å². The zero-order valence-corrected chi connectivity index (χ0v) is 25.4. The molecule has 0 saturated heterocycles. The average molecular weight is 570 g/mol. The SMILES string of the molecule is CCCCCCCCCC(=O)[O-].CCCCCCCCCC(=O)[O-].CCCCCCCCCC(=O)[O-].[Fe+3]. The molecule has 0 aliphatic carbocycles. The summed E-state index contributed by atoms with van der Waals surface area (Å²) in [6.45, 7) is 6.57. The van der Waals surface area contributed by atoms with Gasteiger partial charge in [0.05, 0.1) is 0 Å². The van der Waals surface area contributed by atoms with Crippen molar-refractivity contribution in [3.05, 3.63) is 0 Å². The molecule has 221 valence electrons. The monoisotopic (exact) mass is 569 g/mol. The summed E-state index contributed by atoms with van der Waals surface area (Å²) in [4.78, 5) is 30.1. The molecule has 0 spiro atoms. The largest absolute Gasteiger partial charge is 3.00 e. The molecule has 7 heteroatoms. The maximum atomic E-state index is 10.0. The minimum absolute atomic E-state index is 0. The molecule has 0 bridgehead atoms. The first-order chi connectivity index (χ1) is 17.3. The fraction of sp³-hybridized carbons (Fsp3) is 0.900. The van der Waals surface area contributed by atoms with E-state index in [1.807, 2.05) is 0 Å². The van der Waals surface area contributed by atoms with Gasteiger partial charge >= 0.3 is 17.1 Å². The molecule has 0 saturated carbocycles. The summed E-state index contributed by atoms with van der Waals surface area (Å²) in [5, 5.41) is 30.1. The van der Waals surface area contributed by atoms with Gasteiger partial charge in [0.25, 0.3) is 0 Å². The molecular formula is C30H57FeO6. The van der Waals surface area contributed by atoms with Gasteiger partial charge in [-0.15, -0.1) is 0 Å². The third-order valence-corrected chi connectivity index (χ3v) is 5.95. The molecule has 0 rings (SSSR count). The predicted molar refractivity (Wildman–Crippen MR) is 143 cm³/mol. The molecule has 0 amide bonds. The Bertz CT molecular complexity index is 404. The third kappa shape index (κ3) is 56.3. The summed E-state index contributed by atoms with van der Waals surface area (Å²) in [6.07, 6.45) is 25.0. The Morgan fingerprint density at radius 2 is 0.514 bits per heavy atom. The number of unbranched alkanes of at least 4 members (excludes halogenated alkanes) is 18.